The minimum absolute atomic E-state index is 0.0526. The highest BCUT2D eigenvalue weighted by molar-refractivity contribution is 5.90. The summed E-state index contributed by atoms with van der Waals surface area (Å²) in [5, 5.41) is 5.84. The van der Waals surface area contributed by atoms with Crippen LogP contribution in [0.3, 0.4) is 0 Å². The smallest absolute Gasteiger partial charge is 0.322 e. The van der Waals surface area contributed by atoms with E-state index < -0.39 is 0 Å². The van der Waals surface area contributed by atoms with Gasteiger partial charge in [0.1, 0.15) is 6.10 Å². The predicted octanol–water partition coefficient (Wildman–Crippen LogP) is 3.21. The molecule has 2 aromatic carbocycles. The van der Waals surface area contributed by atoms with Crippen molar-refractivity contribution in [3.8, 4) is 0 Å². The fourth-order valence-corrected chi connectivity index (χ4v) is 3.81. The maximum atomic E-state index is 13.0. The van der Waals surface area contributed by atoms with E-state index in [9.17, 15) is 9.59 Å². The van der Waals surface area contributed by atoms with E-state index in [4.69, 9.17) is 4.74 Å². The van der Waals surface area contributed by atoms with Gasteiger partial charge in [-0.1, -0.05) is 48.5 Å². The zero-order valence-corrected chi connectivity index (χ0v) is 16.5. The van der Waals surface area contributed by atoms with Crippen molar-refractivity contribution in [1.29, 1.82) is 0 Å². The van der Waals surface area contributed by atoms with Gasteiger partial charge in [-0.2, -0.15) is 0 Å². The number of anilines is 1. The number of nitrogens with one attached hydrogen (secondary N) is 2. The number of ether oxygens (including phenoxy) is 1. The van der Waals surface area contributed by atoms with Gasteiger partial charge >= 0.3 is 12.1 Å². The Morgan fingerprint density at radius 1 is 1.14 bits per heavy atom. The third-order valence-electron chi connectivity index (χ3n) is 5.28. The zero-order valence-electron chi connectivity index (χ0n) is 16.5. The van der Waals surface area contributed by atoms with Gasteiger partial charge in [-0.25, -0.2) is 9.59 Å². The first-order chi connectivity index (χ1) is 14.1. The molecular formula is C22H26N4O3. The number of para-hydroxylation sites is 1. The molecule has 2 aliphatic heterocycles. The first-order valence-electron chi connectivity index (χ1n) is 9.97. The Bertz CT molecular complexity index is 873. The van der Waals surface area contributed by atoms with Crippen LogP contribution in [0.2, 0.25) is 0 Å². The normalized spacial score (nSPS) is 21.8. The number of urea groups is 2. The first kappa shape index (κ1) is 19.3. The fraction of sp³-hybridized carbons (Fsp3) is 0.364. The Hall–Kier alpha value is -3.06. The molecule has 0 aromatic heterocycles. The van der Waals surface area contributed by atoms with Crippen molar-refractivity contribution < 1.29 is 14.3 Å². The lowest BCUT2D eigenvalue weighted by molar-refractivity contribution is -0.0642. The standard InChI is InChI=1S/C22H26N4O3/c1-16-13-26(15-20(29-16)17-7-3-2-4-8-17)22(28)24-19-10-6-5-9-18(19)14-25-12-11-23-21(25)27/h2-10,16,20H,11-15H2,1H3,(H,23,27)(H,24,28). The van der Waals surface area contributed by atoms with Gasteiger partial charge in [0.25, 0.3) is 0 Å². The molecular weight excluding hydrogens is 368 g/mol. The topological polar surface area (TPSA) is 73.9 Å². The van der Waals surface area contributed by atoms with Crippen LogP contribution in [0, 0.1) is 0 Å². The lowest BCUT2D eigenvalue weighted by atomic mass is 10.1. The average Bonchev–Trinajstić information content (AvgIpc) is 3.14. The van der Waals surface area contributed by atoms with Crippen LogP contribution < -0.4 is 10.6 Å². The Kier molecular flexibility index (Phi) is 5.67. The lowest BCUT2D eigenvalue weighted by Gasteiger charge is -2.37. The first-order valence-corrected chi connectivity index (χ1v) is 9.97. The van der Waals surface area contributed by atoms with E-state index in [0.717, 1.165) is 16.8 Å². The van der Waals surface area contributed by atoms with Gasteiger partial charge in [0, 0.05) is 31.9 Å². The van der Waals surface area contributed by atoms with Crippen LogP contribution in [0.15, 0.2) is 54.6 Å². The number of benzene rings is 2. The van der Waals surface area contributed by atoms with Gasteiger partial charge in [0.2, 0.25) is 0 Å². The number of rotatable bonds is 4. The Morgan fingerprint density at radius 2 is 1.90 bits per heavy atom. The number of carbonyl (C=O) groups is 2. The summed E-state index contributed by atoms with van der Waals surface area (Å²) in [6.07, 6.45) is -0.197. The molecule has 4 amide bonds. The summed E-state index contributed by atoms with van der Waals surface area (Å²) < 4.78 is 6.05. The molecule has 2 saturated heterocycles. The van der Waals surface area contributed by atoms with E-state index in [1.165, 1.54) is 0 Å². The molecule has 0 spiro atoms. The molecule has 0 saturated carbocycles. The van der Waals surface area contributed by atoms with Gasteiger partial charge in [0.05, 0.1) is 12.6 Å². The summed E-state index contributed by atoms with van der Waals surface area (Å²) in [6.45, 7) is 4.80. The third-order valence-corrected chi connectivity index (χ3v) is 5.28. The molecule has 4 rings (SSSR count). The van der Waals surface area contributed by atoms with E-state index in [0.29, 0.717) is 32.7 Å². The average molecular weight is 394 g/mol. The van der Waals surface area contributed by atoms with Gasteiger partial charge in [-0.3, -0.25) is 0 Å². The largest absolute Gasteiger partial charge is 0.367 e. The highest BCUT2D eigenvalue weighted by atomic mass is 16.5. The van der Waals surface area contributed by atoms with Crippen LogP contribution in [0.4, 0.5) is 15.3 Å². The van der Waals surface area contributed by atoms with Crippen molar-refractivity contribution in [2.24, 2.45) is 0 Å². The highest BCUT2D eigenvalue weighted by Gasteiger charge is 2.30. The van der Waals surface area contributed by atoms with Crippen LogP contribution in [0.25, 0.3) is 0 Å². The summed E-state index contributed by atoms with van der Waals surface area (Å²) in [5.41, 5.74) is 2.71. The molecule has 2 atom stereocenters. The molecule has 0 bridgehead atoms. The number of hydrogen-bond donors (Lipinski definition) is 2. The summed E-state index contributed by atoms with van der Waals surface area (Å²) in [5.74, 6) is 0. The fourth-order valence-electron chi connectivity index (χ4n) is 3.81. The van der Waals surface area contributed by atoms with Crippen LogP contribution in [-0.4, -0.2) is 54.1 Å². The molecule has 0 aliphatic carbocycles. The zero-order chi connectivity index (χ0) is 20.2. The predicted molar refractivity (Wildman–Crippen MR) is 111 cm³/mol. The molecule has 2 aromatic rings. The number of morpholine rings is 1. The van der Waals surface area contributed by atoms with Crippen LogP contribution >= 0.6 is 0 Å². The lowest BCUT2D eigenvalue weighted by Crippen LogP contribution is -2.47. The molecule has 2 aliphatic rings. The van der Waals surface area contributed by atoms with Gasteiger partial charge in [-0.15, -0.1) is 0 Å². The van der Waals surface area contributed by atoms with Gasteiger partial charge in [0.15, 0.2) is 0 Å². The second kappa shape index (κ2) is 8.53. The highest BCUT2D eigenvalue weighted by Crippen LogP contribution is 2.26. The maximum Gasteiger partial charge on any atom is 0.322 e. The second-order valence-electron chi connectivity index (χ2n) is 7.49. The quantitative estimate of drug-likeness (QED) is 0.836. The molecule has 2 N–H and O–H groups in total. The molecule has 29 heavy (non-hydrogen) atoms. The third kappa shape index (κ3) is 4.51. The monoisotopic (exact) mass is 394 g/mol. The molecule has 2 heterocycles. The molecule has 152 valence electrons. The number of amides is 4. The summed E-state index contributed by atoms with van der Waals surface area (Å²) >= 11 is 0. The molecule has 7 heteroatoms. The molecule has 2 fully saturated rings. The van der Waals surface area contributed by atoms with E-state index >= 15 is 0 Å². The summed E-state index contributed by atoms with van der Waals surface area (Å²) in [7, 11) is 0. The van der Waals surface area contributed by atoms with Crippen molar-refractivity contribution in [2.45, 2.75) is 25.7 Å². The molecule has 0 radical (unpaired) electrons. The second-order valence-corrected chi connectivity index (χ2v) is 7.49. The van der Waals surface area contributed by atoms with Crippen LogP contribution in [0.5, 0.6) is 0 Å². The summed E-state index contributed by atoms with van der Waals surface area (Å²) in [6, 6.07) is 17.4. The number of hydrogen-bond acceptors (Lipinski definition) is 3. The van der Waals surface area contributed by atoms with Gasteiger partial charge in [-0.05, 0) is 24.1 Å². The minimum Gasteiger partial charge on any atom is -0.367 e. The van der Waals surface area contributed by atoms with Gasteiger partial charge < -0.3 is 25.2 Å². The van der Waals surface area contributed by atoms with Crippen molar-refractivity contribution in [3.63, 3.8) is 0 Å². The molecule has 2 unspecified atom stereocenters. The Labute approximate surface area is 170 Å². The van der Waals surface area contributed by atoms with Crippen molar-refractivity contribution in [3.05, 3.63) is 65.7 Å². The van der Waals surface area contributed by atoms with E-state index in [1.807, 2.05) is 61.5 Å². The maximum absolute atomic E-state index is 13.0. The van der Waals surface area contributed by atoms with Crippen molar-refractivity contribution in [1.82, 2.24) is 15.1 Å². The molecule has 7 nitrogen and oxygen atoms in total. The summed E-state index contributed by atoms with van der Waals surface area (Å²) in [4.78, 5) is 28.4. The van der Waals surface area contributed by atoms with Crippen LogP contribution in [0.1, 0.15) is 24.2 Å². The van der Waals surface area contributed by atoms with Crippen molar-refractivity contribution >= 4 is 17.7 Å². The SMILES string of the molecule is CC1CN(C(=O)Nc2ccccc2CN2CCNC2=O)CC(c2ccccc2)O1. The minimum atomic E-state index is -0.153. The number of nitrogens with zero attached hydrogens (tertiary/aromatic N) is 2. The van der Waals surface area contributed by atoms with Crippen molar-refractivity contribution in [2.75, 3.05) is 31.5 Å². The number of carbonyl (C=O) groups excluding carboxylic acids is 2. The van der Waals surface area contributed by atoms with Crippen LogP contribution in [-0.2, 0) is 11.3 Å². The van der Waals surface area contributed by atoms with E-state index in [-0.39, 0.29) is 24.3 Å². The van der Waals surface area contributed by atoms with E-state index in [2.05, 4.69) is 10.6 Å². The van der Waals surface area contributed by atoms with E-state index in [1.54, 1.807) is 9.80 Å². The Morgan fingerprint density at radius 3 is 2.66 bits per heavy atom. The Balaban J connectivity index is 1.45.